The van der Waals surface area contributed by atoms with E-state index in [1.807, 2.05) is 0 Å². The molecule has 0 spiro atoms. The molecule has 0 rings (SSSR count). The second kappa shape index (κ2) is 11.4. The van der Waals surface area contributed by atoms with Crippen LogP contribution in [0.5, 0.6) is 0 Å². The van der Waals surface area contributed by atoms with Gasteiger partial charge in [0.1, 0.15) is 24.2 Å². The average molecular weight is 376 g/mol. The summed E-state index contributed by atoms with van der Waals surface area (Å²) < 4.78 is 0. The molecule has 0 aromatic rings. The zero-order valence-corrected chi connectivity index (χ0v) is 15.1. The smallest absolute Gasteiger partial charge is 0.328 e. The third-order valence-electron chi connectivity index (χ3n) is 3.42. The third-order valence-corrected chi connectivity index (χ3v) is 3.42. The van der Waals surface area contributed by atoms with Crippen LogP contribution in [0, 0.1) is 5.92 Å². The molecule has 0 radical (unpaired) electrons. The van der Waals surface area contributed by atoms with Crippen molar-refractivity contribution in [3.05, 3.63) is 0 Å². The summed E-state index contributed by atoms with van der Waals surface area (Å²) in [5.74, 6) is -3.59. The second-order valence-corrected chi connectivity index (χ2v) is 6.29. The van der Waals surface area contributed by atoms with Gasteiger partial charge < -0.3 is 37.0 Å². The summed E-state index contributed by atoms with van der Waals surface area (Å²) in [6, 6.07) is -4.76. The van der Waals surface area contributed by atoms with Crippen molar-refractivity contribution in [3.63, 3.8) is 0 Å². The number of hydrogen-bond donors (Lipinski definition) is 7. The Kier molecular flexibility index (Phi) is 10.4. The summed E-state index contributed by atoms with van der Waals surface area (Å²) in [6.07, 6.45) is 0.214. The number of carboxylic acid groups (broad SMARTS) is 1. The maximum atomic E-state index is 12.2. The Morgan fingerprint density at radius 2 is 1.38 bits per heavy atom. The van der Waals surface area contributed by atoms with E-state index in [2.05, 4.69) is 16.0 Å². The predicted octanol–water partition coefficient (Wildman–Crippen LogP) is -3.10. The number of aliphatic carboxylic acids is 1. The van der Waals surface area contributed by atoms with Crippen LogP contribution >= 0.6 is 0 Å². The molecule has 8 N–H and O–H groups in total. The molecular formula is C15H28N4O7. The van der Waals surface area contributed by atoms with Gasteiger partial charge in [0, 0.05) is 0 Å². The van der Waals surface area contributed by atoms with Gasteiger partial charge in [-0.05, 0) is 19.3 Å². The number of amides is 3. The van der Waals surface area contributed by atoms with Gasteiger partial charge in [0.05, 0.1) is 13.2 Å². The van der Waals surface area contributed by atoms with E-state index in [0.717, 1.165) is 0 Å². The lowest BCUT2D eigenvalue weighted by Gasteiger charge is -2.24. The highest BCUT2D eigenvalue weighted by Gasteiger charge is 2.28. The van der Waals surface area contributed by atoms with E-state index in [1.54, 1.807) is 13.8 Å². The third kappa shape index (κ3) is 8.23. The van der Waals surface area contributed by atoms with Gasteiger partial charge in [0.25, 0.3) is 0 Å². The van der Waals surface area contributed by atoms with Crippen molar-refractivity contribution in [2.75, 3.05) is 13.2 Å². The van der Waals surface area contributed by atoms with E-state index in [9.17, 15) is 19.2 Å². The molecule has 0 aromatic heterocycles. The molecule has 150 valence electrons. The number of nitrogens with one attached hydrogen (secondary N) is 3. The minimum Gasteiger partial charge on any atom is -0.480 e. The normalized spacial score (nSPS) is 15.5. The van der Waals surface area contributed by atoms with Gasteiger partial charge >= 0.3 is 5.97 Å². The Bertz CT molecular complexity index is 512. The van der Waals surface area contributed by atoms with Gasteiger partial charge in [0.15, 0.2) is 0 Å². The minimum atomic E-state index is -1.49. The van der Waals surface area contributed by atoms with Crippen molar-refractivity contribution in [1.29, 1.82) is 0 Å². The molecule has 11 heteroatoms. The molecule has 0 fully saturated rings. The number of rotatable bonds is 11. The standard InChI is InChI=1S/C15H28N4O7/c1-7(2)4-10(14(24)19-11(6-21)15(25)26)18-12(22)8(3)17-13(23)9(16)5-20/h7-11,20-21H,4-6,16H2,1-3H3,(H,17,23)(H,18,22)(H,19,24)(H,25,26). The number of aliphatic hydroxyl groups is 2. The van der Waals surface area contributed by atoms with Gasteiger partial charge in [-0.1, -0.05) is 13.8 Å². The van der Waals surface area contributed by atoms with Crippen LogP contribution in [0.2, 0.25) is 0 Å². The molecule has 4 unspecified atom stereocenters. The molecule has 0 aliphatic heterocycles. The van der Waals surface area contributed by atoms with Crippen LogP contribution in [0.4, 0.5) is 0 Å². The Labute approximate surface area is 151 Å². The summed E-state index contributed by atoms with van der Waals surface area (Å²) in [7, 11) is 0. The van der Waals surface area contributed by atoms with E-state index in [4.69, 9.17) is 21.1 Å². The summed E-state index contributed by atoms with van der Waals surface area (Å²) in [6.45, 7) is 3.60. The number of aliphatic hydroxyl groups excluding tert-OH is 2. The fraction of sp³-hybridized carbons (Fsp3) is 0.733. The molecule has 0 bridgehead atoms. The number of carbonyl (C=O) groups excluding carboxylic acids is 3. The largest absolute Gasteiger partial charge is 0.480 e. The molecule has 11 nitrogen and oxygen atoms in total. The van der Waals surface area contributed by atoms with Crippen LogP contribution in [0.25, 0.3) is 0 Å². The van der Waals surface area contributed by atoms with E-state index in [1.165, 1.54) is 6.92 Å². The molecule has 0 heterocycles. The first-order chi connectivity index (χ1) is 12.0. The number of carboxylic acids is 1. The van der Waals surface area contributed by atoms with Gasteiger partial charge in [-0.3, -0.25) is 14.4 Å². The molecule has 0 saturated carbocycles. The monoisotopic (exact) mass is 376 g/mol. The fourth-order valence-electron chi connectivity index (χ4n) is 1.93. The average Bonchev–Trinajstić information content (AvgIpc) is 2.56. The lowest BCUT2D eigenvalue weighted by atomic mass is 10.0. The van der Waals surface area contributed by atoms with Crippen LogP contribution in [0.15, 0.2) is 0 Å². The van der Waals surface area contributed by atoms with E-state index in [0.29, 0.717) is 0 Å². The van der Waals surface area contributed by atoms with Crippen LogP contribution in [0.3, 0.4) is 0 Å². The Hall–Kier alpha value is -2.24. The zero-order chi connectivity index (χ0) is 20.4. The molecule has 0 aliphatic carbocycles. The molecule has 26 heavy (non-hydrogen) atoms. The van der Waals surface area contributed by atoms with Crippen molar-refractivity contribution >= 4 is 23.7 Å². The number of nitrogens with two attached hydrogens (primary N) is 1. The Morgan fingerprint density at radius 3 is 1.81 bits per heavy atom. The van der Waals surface area contributed by atoms with Gasteiger partial charge in [-0.25, -0.2) is 4.79 Å². The van der Waals surface area contributed by atoms with Crippen LogP contribution in [-0.2, 0) is 19.2 Å². The highest BCUT2D eigenvalue weighted by molar-refractivity contribution is 5.93. The lowest BCUT2D eigenvalue weighted by molar-refractivity contribution is -0.143. The summed E-state index contributed by atoms with van der Waals surface area (Å²) in [5.41, 5.74) is 5.34. The minimum absolute atomic E-state index is 0.00355. The molecule has 0 aliphatic rings. The highest BCUT2D eigenvalue weighted by atomic mass is 16.4. The van der Waals surface area contributed by atoms with Crippen LogP contribution in [0.1, 0.15) is 27.2 Å². The second-order valence-electron chi connectivity index (χ2n) is 6.29. The zero-order valence-electron chi connectivity index (χ0n) is 15.1. The van der Waals surface area contributed by atoms with Crippen molar-refractivity contribution in [2.45, 2.75) is 51.4 Å². The van der Waals surface area contributed by atoms with Crippen LogP contribution in [-0.4, -0.2) is 76.4 Å². The van der Waals surface area contributed by atoms with Crippen molar-refractivity contribution in [1.82, 2.24) is 16.0 Å². The van der Waals surface area contributed by atoms with Gasteiger partial charge in [-0.2, -0.15) is 0 Å². The van der Waals surface area contributed by atoms with Crippen LogP contribution < -0.4 is 21.7 Å². The van der Waals surface area contributed by atoms with E-state index < -0.39 is 61.1 Å². The molecule has 0 saturated heterocycles. The van der Waals surface area contributed by atoms with Crippen molar-refractivity contribution in [3.8, 4) is 0 Å². The van der Waals surface area contributed by atoms with Crippen molar-refractivity contribution in [2.24, 2.45) is 11.7 Å². The predicted molar refractivity (Wildman–Crippen MR) is 90.7 cm³/mol. The lowest BCUT2D eigenvalue weighted by Crippen LogP contribution is -2.57. The summed E-state index contributed by atoms with van der Waals surface area (Å²) in [4.78, 5) is 47.0. The van der Waals surface area contributed by atoms with E-state index >= 15 is 0 Å². The van der Waals surface area contributed by atoms with Crippen molar-refractivity contribution < 1.29 is 34.5 Å². The van der Waals surface area contributed by atoms with E-state index in [-0.39, 0.29) is 12.3 Å². The first kappa shape index (κ1) is 23.8. The number of carbonyl (C=O) groups is 4. The highest BCUT2D eigenvalue weighted by Crippen LogP contribution is 2.06. The SMILES string of the molecule is CC(C)CC(NC(=O)C(C)NC(=O)C(N)CO)C(=O)NC(CO)C(=O)O. The Morgan fingerprint density at radius 1 is 0.846 bits per heavy atom. The molecule has 0 aromatic carbocycles. The van der Waals surface area contributed by atoms with Gasteiger partial charge in [0.2, 0.25) is 17.7 Å². The maximum absolute atomic E-state index is 12.2. The van der Waals surface area contributed by atoms with Gasteiger partial charge in [-0.15, -0.1) is 0 Å². The fourth-order valence-corrected chi connectivity index (χ4v) is 1.93. The molecular weight excluding hydrogens is 348 g/mol. The molecule has 3 amide bonds. The number of hydrogen-bond acceptors (Lipinski definition) is 7. The summed E-state index contributed by atoms with van der Waals surface area (Å²) >= 11 is 0. The molecule has 4 atom stereocenters. The topological polar surface area (TPSA) is 191 Å². The summed E-state index contributed by atoms with van der Waals surface area (Å²) in [5, 5.41) is 33.6. The maximum Gasteiger partial charge on any atom is 0.328 e. The first-order valence-electron chi connectivity index (χ1n) is 8.14. The quantitative estimate of drug-likeness (QED) is 0.197. The Balaban J connectivity index is 4.98. The first-order valence-corrected chi connectivity index (χ1v) is 8.14.